The van der Waals surface area contributed by atoms with E-state index < -0.39 is 17.7 Å². The molecule has 0 aromatic heterocycles. The molecule has 2 rings (SSSR count). The van der Waals surface area contributed by atoms with Crippen LogP contribution in [0.2, 0.25) is 0 Å². The number of hydrogen-bond donors (Lipinski definition) is 1. The molecule has 19 heavy (non-hydrogen) atoms. The molecule has 2 aromatic rings. The van der Waals surface area contributed by atoms with Crippen LogP contribution in [0, 0.1) is 15.2 Å². The standard InChI is InChI=1S/C14H11BrF2IN/c1-19-14(9-3-2-4-12(16)13(9)17)10-7-8(18)5-6-11(10)15/h2-7,14,19H,1H3. The summed E-state index contributed by atoms with van der Waals surface area (Å²) < 4.78 is 29.2. The van der Waals surface area contributed by atoms with Crippen LogP contribution in [0.15, 0.2) is 40.9 Å². The van der Waals surface area contributed by atoms with E-state index in [0.29, 0.717) is 5.56 Å². The average molecular weight is 438 g/mol. The van der Waals surface area contributed by atoms with E-state index in [1.54, 1.807) is 13.1 Å². The smallest absolute Gasteiger partial charge is 0.163 e. The summed E-state index contributed by atoms with van der Waals surface area (Å²) in [7, 11) is 1.72. The third-order valence-electron chi connectivity index (χ3n) is 2.85. The average Bonchev–Trinajstić information content (AvgIpc) is 2.39. The molecule has 0 aliphatic rings. The van der Waals surface area contributed by atoms with Crippen molar-refractivity contribution in [1.82, 2.24) is 5.32 Å². The molecule has 1 unspecified atom stereocenters. The Balaban J connectivity index is 2.56. The van der Waals surface area contributed by atoms with Crippen molar-refractivity contribution < 1.29 is 8.78 Å². The minimum Gasteiger partial charge on any atom is -0.309 e. The van der Waals surface area contributed by atoms with Crippen molar-refractivity contribution in [2.24, 2.45) is 0 Å². The molecule has 1 nitrogen and oxygen atoms in total. The minimum absolute atomic E-state index is 0.296. The number of rotatable bonds is 3. The van der Waals surface area contributed by atoms with E-state index in [4.69, 9.17) is 0 Å². The molecule has 0 bridgehead atoms. The van der Waals surface area contributed by atoms with Crippen molar-refractivity contribution in [2.75, 3.05) is 7.05 Å². The van der Waals surface area contributed by atoms with Gasteiger partial charge < -0.3 is 5.32 Å². The van der Waals surface area contributed by atoms with Crippen molar-refractivity contribution in [3.8, 4) is 0 Å². The van der Waals surface area contributed by atoms with Crippen LogP contribution in [0.1, 0.15) is 17.2 Å². The summed E-state index contributed by atoms with van der Waals surface area (Å²) >= 11 is 5.64. The van der Waals surface area contributed by atoms with E-state index in [1.165, 1.54) is 6.07 Å². The van der Waals surface area contributed by atoms with Crippen LogP contribution in [0.25, 0.3) is 0 Å². The molecule has 0 saturated carbocycles. The third-order valence-corrected chi connectivity index (χ3v) is 4.24. The summed E-state index contributed by atoms with van der Waals surface area (Å²) in [6.07, 6.45) is 0. The largest absolute Gasteiger partial charge is 0.309 e. The second-order valence-corrected chi connectivity index (χ2v) is 6.13. The van der Waals surface area contributed by atoms with Gasteiger partial charge in [0.2, 0.25) is 0 Å². The highest BCUT2D eigenvalue weighted by Gasteiger charge is 2.20. The molecule has 0 amide bonds. The normalized spacial score (nSPS) is 12.5. The molecule has 2 aromatic carbocycles. The Hall–Kier alpha value is -0.530. The first-order valence-corrected chi connectivity index (χ1v) is 7.48. The van der Waals surface area contributed by atoms with E-state index in [0.717, 1.165) is 19.7 Å². The molecule has 0 aliphatic carbocycles. The van der Waals surface area contributed by atoms with E-state index in [1.807, 2.05) is 18.2 Å². The second-order valence-electron chi connectivity index (χ2n) is 4.03. The molecule has 1 atom stereocenters. The number of hydrogen-bond acceptors (Lipinski definition) is 1. The Bertz CT molecular complexity index is 602. The molecule has 0 saturated heterocycles. The van der Waals surface area contributed by atoms with E-state index >= 15 is 0 Å². The van der Waals surface area contributed by atoms with Gasteiger partial charge in [-0.25, -0.2) is 8.78 Å². The maximum atomic E-state index is 13.9. The Morgan fingerprint density at radius 3 is 2.58 bits per heavy atom. The summed E-state index contributed by atoms with van der Waals surface area (Å²) in [4.78, 5) is 0. The molecule has 0 heterocycles. The molecule has 0 aliphatic heterocycles. The number of benzene rings is 2. The summed E-state index contributed by atoms with van der Waals surface area (Å²) in [5.74, 6) is -1.65. The SMILES string of the molecule is CNC(c1cc(I)ccc1Br)c1cccc(F)c1F. The summed E-state index contributed by atoms with van der Waals surface area (Å²) in [6, 6.07) is 9.61. The first-order valence-electron chi connectivity index (χ1n) is 5.60. The highest BCUT2D eigenvalue weighted by atomic mass is 127. The fourth-order valence-corrected chi connectivity index (χ4v) is 2.95. The van der Waals surface area contributed by atoms with Crippen molar-refractivity contribution in [2.45, 2.75) is 6.04 Å². The first-order chi connectivity index (χ1) is 9.04. The van der Waals surface area contributed by atoms with Gasteiger partial charge >= 0.3 is 0 Å². The van der Waals surface area contributed by atoms with Crippen LogP contribution >= 0.6 is 38.5 Å². The zero-order valence-electron chi connectivity index (χ0n) is 10.1. The van der Waals surface area contributed by atoms with Gasteiger partial charge in [-0.15, -0.1) is 0 Å². The van der Waals surface area contributed by atoms with Crippen LogP contribution in [0.5, 0.6) is 0 Å². The fraction of sp³-hybridized carbons (Fsp3) is 0.143. The predicted molar refractivity (Wildman–Crippen MR) is 84.1 cm³/mol. The van der Waals surface area contributed by atoms with Gasteiger partial charge in [-0.2, -0.15) is 0 Å². The van der Waals surface area contributed by atoms with Crippen LogP contribution in [0.3, 0.4) is 0 Å². The second kappa shape index (κ2) is 6.28. The highest BCUT2D eigenvalue weighted by molar-refractivity contribution is 14.1. The number of halogens is 4. The van der Waals surface area contributed by atoms with Gasteiger partial charge in [0, 0.05) is 13.6 Å². The topological polar surface area (TPSA) is 12.0 Å². The van der Waals surface area contributed by atoms with Gasteiger partial charge in [0.1, 0.15) is 0 Å². The molecule has 5 heteroatoms. The zero-order valence-corrected chi connectivity index (χ0v) is 13.8. The van der Waals surface area contributed by atoms with Crippen molar-refractivity contribution in [3.63, 3.8) is 0 Å². The summed E-state index contributed by atoms with van der Waals surface area (Å²) in [5.41, 5.74) is 1.17. The number of nitrogens with one attached hydrogen (secondary N) is 1. The highest BCUT2D eigenvalue weighted by Crippen LogP contribution is 2.31. The van der Waals surface area contributed by atoms with E-state index in [9.17, 15) is 8.78 Å². The Labute approximate surface area is 132 Å². The van der Waals surface area contributed by atoms with E-state index in [-0.39, 0.29) is 0 Å². The maximum absolute atomic E-state index is 13.9. The van der Waals surface area contributed by atoms with Gasteiger partial charge in [-0.05, 0) is 59.5 Å². The summed E-state index contributed by atoms with van der Waals surface area (Å²) in [5, 5.41) is 3.03. The zero-order chi connectivity index (χ0) is 14.0. The third kappa shape index (κ3) is 3.14. The van der Waals surface area contributed by atoms with Crippen LogP contribution in [-0.2, 0) is 0 Å². The minimum atomic E-state index is -0.834. The molecular weight excluding hydrogens is 427 g/mol. The lowest BCUT2D eigenvalue weighted by Crippen LogP contribution is -2.20. The lowest BCUT2D eigenvalue weighted by molar-refractivity contribution is 0.487. The first kappa shape index (κ1) is 14.9. The lowest BCUT2D eigenvalue weighted by atomic mass is 9.98. The Morgan fingerprint density at radius 1 is 1.16 bits per heavy atom. The molecule has 0 radical (unpaired) electrons. The summed E-state index contributed by atoms with van der Waals surface area (Å²) in [6.45, 7) is 0. The van der Waals surface area contributed by atoms with Gasteiger partial charge in [-0.3, -0.25) is 0 Å². The quantitative estimate of drug-likeness (QED) is 0.689. The molecule has 0 spiro atoms. The van der Waals surface area contributed by atoms with Crippen LogP contribution < -0.4 is 5.32 Å². The van der Waals surface area contributed by atoms with Crippen molar-refractivity contribution in [3.05, 3.63) is 67.2 Å². The molecule has 100 valence electrons. The predicted octanol–water partition coefficient (Wildman–Crippen LogP) is 4.64. The maximum Gasteiger partial charge on any atom is 0.163 e. The molecule has 0 fully saturated rings. The molecular formula is C14H11BrF2IN. The van der Waals surface area contributed by atoms with Gasteiger partial charge in [0.25, 0.3) is 0 Å². The van der Waals surface area contributed by atoms with Crippen LogP contribution in [0.4, 0.5) is 8.78 Å². The monoisotopic (exact) mass is 437 g/mol. The van der Waals surface area contributed by atoms with Crippen LogP contribution in [-0.4, -0.2) is 7.05 Å². The fourth-order valence-electron chi connectivity index (χ4n) is 1.96. The lowest BCUT2D eigenvalue weighted by Gasteiger charge is -2.19. The van der Waals surface area contributed by atoms with E-state index in [2.05, 4.69) is 43.8 Å². The van der Waals surface area contributed by atoms with Crippen molar-refractivity contribution >= 4 is 38.5 Å². The van der Waals surface area contributed by atoms with Gasteiger partial charge in [0.15, 0.2) is 11.6 Å². The van der Waals surface area contributed by atoms with Gasteiger partial charge in [0.05, 0.1) is 6.04 Å². The van der Waals surface area contributed by atoms with Gasteiger partial charge in [-0.1, -0.05) is 28.1 Å². The molecule has 1 N–H and O–H groups in total. The Morgan fingerprint density at radius 2 is 1.89 bits per heavy atom. The van der Waals surface area contributed by atoms with Crippen molar-refractivity contribution in [1.29, 1.82) is 0 Å². The Kier molecular flexibility index (Phi) is 4.92.